The molecule has 16 heavy (non-hydrogen) atoms. The van der Waals surface area contributed by atoms with Crippen LogP contribution in [0, 0.1) is 5.92 Å². The molecule has 4 nitrogen and oxygen atoms in total. The number of aromatic amines is 1. The molecule has 1 aliphatic carbocycles. The number of rotatable bonds is 2. The fourth-order valence-corrected chi connectivity index (χ4v) is 2.19. The monoisotopic (exact) mass is 221 g/mol. The third kappa shape index (κ3) is 2.02. The second-order valence-electron chi connectivity index (χ2n) is 4.88. The molecule has 1 aromatic rings. The van der Waals surface area contributed by atoms with Crippen molar-refractivity contribution in [2.45, 2.75) is 39.0 Å². The molecule has 88 valence electrons. The zero-order valence-corrected chi connectivity index (χ0v) is 9.92. The lowest BCUT2D eigenvalue weighted by molar-refractivity contribution is 0.456. The SMILES string of the molecule is CC(C)c1nc2c(c(=O)[nH]1)CC(CN)CC2. The molecular formula is C12H19N3O. The summed E-state index contributed by atoms with van der Waals surface area (Å²) in [5.74, 6) is 1.51. The van der Waals surface area contributed by atoms with Gasteiger partial charge in [0, 0.05) is 11.5 Å². The highest BCUT2D eigenvalue weighted by Crippen LogP contribution is 2.21. The zero-order chi connectivity index (χ0) is 11.7. The summed E-state index contributed by atoms with van der Waals surface area (Å²) in [5, 5.41) is 0. The van der Waals surface area contributed by atoms with E-state index in [9.17, 15) is 4.79 Å². The van der Waals surface area contributed by atoms with E-state index in [1.54, 1.807) is 0 Å². The fourth-order valence-electron chi connectivity index (χ4n) is 2.19. The third-order valence-corrected chi connectivity index (χ3v) is 3.28. The summed E-state index contributed by atoms with van der Waals surface area (Å²) in [7, 11) is 0. The number of fused-ring (bicyclic) bond motifs is 1. The first-order valence-corrected chi connectivity index (χ1v) is 5.93. The van der Waals surface area contributed by atoms with Crippen LogP contribution in [0.2, 0.25) is 0 Å². The van der Waals surface area contributed by atoms with E-state index in [4.69, 9.17) is 5.73 Å². The summed E-state index contributed by atoms with van der Waals surface area (Å²) >= 11 is 0. The first-order chi connectivity index (χ1) is 7.61. The number of aryl methyl sites for hydroxylation is 1. The van der Waals surface area contributed by atoms with E-state index in [0.29, 0.717) is 12.5 Å². The molecule has 1 heterocycles. The second kappa shape index (κ2) is 4.37. The number of H-pyrrole nitrogens is 1. The summed E-state index contributed by atoms with van der Waals surface area (Å²) in [5.41, 5.74) is 7.53. The van der Waals surface area contributed by atoms with Gasteiger partial charge in [-0.25, -0.2) is 4.98 Å². The van der Waals surface area contributed by atoms with Gasteiger partial charge in [0.2, 0.25) is 0 Å². The van der Waals surface area contributed by atoms with Crippen molar-refractivity contribution in [3.63, 3.8) is 0 Å². The van der Waals surface area contributed by atoms with E-state index in [0.717, 1.165) is 36.3 Å². The van der Waals surface area contributed by atoms with Gasteiger partial charge in [0.15, 0.2) is 0 Å². The summed E-state index contributed by atoms with van der Waals surface area (Å²) in [6, 6.07) is 0. The molecule has 4 heteroatoms. The Morgan fingerprint density at radius 1 is 1.56 bits per heavy atom. The van der Waals surface area contributed by atoms with Crippen molar-refractivity contribution in [1.29, 1.82) is 0 Å². The van der Waals surface area contributed by atoms with Crippen molar-refractivity contribution in [3.05, 3.63) is 27.4 Å². The smallest absolute Gasteiger partial charge is 0.254 e. The molecule has 2 rings (SSSR count). The maximum absolute atomic E-state index is 11.9. The maximum atomic E-state index is 11.9. The van der Waals surface area contributed by atoms with Crippen LogP contribution in [0.1, 0.15) is 43.3 Å². The fraction of sp³-hybridized carbons (Fsp3) is 0.667. The Labute approximate surface area is 95.3 Å². The quantitative estimate of drug-likeness (QED) is 0.781. The highest BCUT2D eigenvalue weighted by atomic mass is 16.1. The van der Waals surface area contributed by atoms with Gasteiger partial charge in [-0.2, -0.15) is 0 Å². The lowest BCUT2D eigenvalue weighted by Gasteiger charge is -2.22. The molecular weight excluding hydrogens is 202 g/mol. The summed E-state index contributed by atoms with van der Waals surface area (Å²) in [6.45, 7) is 4.73. The number of hydrogen-bond acceptors (Lipinski definition) is 3. The number of nitrogens with one attached hydrogen (secondary N) is 1. The van der Waals surface area contributed by atoms with Crippen molar-refractivity contribution in [2.24, 2.45) is 11.7 Å². The summed E-state index contributed by atoms with van der Waals surface area (Å²) in [4.78, 5) is 19.3. The van der Waals surface area contributed by atoms with E-state index in [2.05, 4.69) is 9.97 Å². The van der Waals surface area contributed by atoms with Crippen LogP contribution in [0.15, 0.2) is 4.79 Å². The molecule has 0 spiro atoms. The number of nitrogens with two attached hydrogens (primary N) is 1. The predicted octanol–water partition coefficient (Wildman–Crippen LogP) is 0.957. The summed E-state index contributed by atoms with van der Waals surface area (Å²) in [6.07, 6.45) is 2.73. The molecule has 0 saturated heterocycles. The van der Waals surface area contributed by atoms with Gasteiger partial charge in [-0.05, 0) is 31.7 Å². The van der Waals surface area contributed by atoms with Gasteiger partial charge in [-0.15, -0.1) is 0 Å². The van der Waals surface area contributed by atoms with E-state index in [1.165, 1.54) is 0 Å². The van der Waals surface area contributed by atoms with E-state index in [1.807, 2.05) is 13.8 Å². The number of aromatic nitrogens is 2. The van der Waals surface area contributed by atoms with Crippen LogP contribution in [-0.2, 0) is 12.8 Å². The summed E-state index contributed by atoms with van der Waals surface area (Å²) < 4.78 is 0. The Balaban J connectivity index is 2.40. The Hall–Kier alpha value is -1.16. The molecule has 1 atom stereocenters. The van der Waals surface area contributed by atoms with Gasteiger partial charge in [0.05, 0.1) is 5.69 Å². The van der Waals surface area contributed by atoms with E-state index < -0.39 is 0 Å². The molecule has 3 N–H and O–H groups in total. The maximum Gasteiger partial charge on any atom is 0.254 e. The van der Waals surface area contributed by atoms with E-state index >= 15 is 0 Å². The lowest BCUT2D eigenvalue weighted by atomic mass is 9.87. The van der Waals surface area contributed by atoms with Crippen molar-refractivity contribution in [3.8, 4) is 0 Å². The van der Waals surface area contributed by atoms with Crippen LogP contribution in [0.4, 0.5) is 0 Å². The Morgan fingerprint density at radius 2 is 2.31 bits per heavy atom. The van der Waals surface area contributed by atoms with Gasteiger partial charge < -0.3 is 10.7 Å². The third-order valence-electron chi connectivity index (χ3n) is 3.28. The molecule has 1 aliphatic rings. The minimum Gasteiger partial charge on any atom is -0.330 e. The van der Waals surface area contributed by atoms with Crippen LogP contribution >= 0.6 is 0 Å². The first kappa shape index (κ1) is 11.3. The largest absolute Gasteiger partial charge is 0.330 e. The minimum absolute atomic E-state index is 0.0341. The molecule has 0 aromatic carbocycles. The first-order valence-electron chi connectivity index (χ1n) is 5.93. The van der Waals surface area contributed by atoms with Crippen LogP contribution in [0.3, 0.4) is 0 Å². The average Bonchev–Trinajstić information content (AvgIpc) is 2.28. The zero-order valence-electron chi connectivity index (χ0n) is 9.92. The Bertz CT molecular complexity index is 436. The van der Waals surface area contributed by atoms with Gasteiger partial charge in [-0.3, -0.25) is 4.79 Å². The van der Waals surface area contributed by atoms with Crippen LogP contribution in [0.5, 0.6) is 0 Å². The van der Waals surface area contributed by atoms with Crippen molar-refractivity contribution in [2.75, 3.05) is 6.54 Å². The number of hydrogen-bond donors (Lipinski definition) is 2. The second-order valence-corrected chi connectivity index (χ2v) is 4.88. The molecule has 0 bridgehead atoms. The topological polar surface area (TPSA) is 71.8 Å². The van der Waals surface area contributed by atoms with Gasteiger partial charge in [-0.1, -0.05) is 13.8 Å². The molecule has 0 saturated carbocycles. The minimum atomic E-state index is 0.0341. The molecule has 0 radical (unpaired) electrons. The van der Waals surface area contributed by atoms with Crippen LogP contribution < -0.4 is 11.3 Å². The molecule has 1 aromatic heterocycles. The Morgan fingerprint density at radius 3 is 2.94 bits per heavy atom. The van der Waals surface area contributed by atoms with Gasteiger partial charge in [0.25, 0.3) is 5.56 Å². The normalized spacial score (nSPS) is 19.9. The lowest BCUT2D eigenvalue weighted by Crippen LogP contribution is -2.30. The molecule has 0 fully saturated rings. The molecule has 0 amide bonds. The van der Waals surface area contributed by atoms with Crippen molar-refractivity contribution in [1.82, 2.24) is 9.97 Å². The van der Waals surface area contributed by atoms with Gasteiger partial charge in [0.1, 0.15) is 5.82 Å². The number of nitrogens with zero attached hydrogens (tertiary/aromatic N) is 1. The predicted molar refractivity (Wildman–Crippen MR) is 63.5 cm³/mol. The molecule has 1 unspecified atom stereocenters. The highest BCUT2D eigenvalue weighted by Gasteiger charge is 2.22. The Kier molecular flexibility index (Phi) is 3.10. The van der Waals surface area contributed by atoms with Crippen LogP contribution in [-0.4, -0.2) is 16.5 Å². The van der Waals surface area contributed by atoms with E-state index in [-0.39, 0.29) is 11.5 Å². The van der Waals surface area contributed by atoms with Crippen molar-refractivity contribution < 1.29 is 0 Å². The highest BCUT2D eigenvalue weighted by molar-refractivity contribution is 5.22. The standard InChI is InChI=1S/C12H19N3O/c1-7(2)11-14-10-4-3-8(6-13)5-9(10)12(16)15-11/h7-8H,3-6,13H2,1-2H3,(H,14,15,16). The van der Waals surface area contributed by atoms with Gasteiger partial charge >= 0.3 is 0 Å². The molecule has 0 aliphatic heterocycles. The van der Waals surface area contributed by atoms with Crippen LogP contribution in [0.25, 0.3) is 0 Å². The average molecular weight is 221 g/mol. The van der Waals surface area contributed by atoms with Crippen molar-refractivity contribution >= 4 is 0 Å².